The molecule has 0 radical (unpaired) electrons. The minimum absolute atomic E-state index is 0.236. The lowest BCUT2D eigenvalue weighted by molar-refractivity contribution is 0.617. The van der Waals surface area contributed by atoms with Gasteiger partial charge in [-0.1, -0.05) is 0 Å². The SMILES string of the molecule is N#Cc1ccc(-n2c(-c3ccncc3)n[nH]c2=S)c(F)c1. The van der Waals surface area contributed by atoms with E-state index < -0.39 is 5.82 Å². The molecule has 0 aliphatic rings. The molecule has 2 heterocycles. The van der Waals surface area contributed by atoms with Crippen LogP contribution in [0.3, 0.4) is 0 Å². The van der Waals surface area contributed by atoms with E-state index in [0.29, 0.717) is 5.82 Å². The van der Waals surface area contributed by atoms with Gasteiger partial charge in [0.15, 0.2) is 10.6 Å². The van der Waals surface area contributed by atoms with E-state index in [9.17, 15) is 4.39 Å². The highest BCUT2D eigenvalue weighted by atomic mass is 32.1. The van der Waals surface area contributed by atoms with Crippen LogP contribution >= 0.6 is 12.2 Å². The smallest absolute Gasteiger partial charge is 0.200 e. The van der Waals surface area contributed by atoms with Gasteiger partial charge in [0.2, 0.25) is 0 Å². The summed E-state index contributed by atoms with van der Waals surface area (Å²) < 4.78 is 16.0. The zero-order valence-electron chi connectivity index (χ0n) is 10.6. The molecule has 7 heteroatoms. The predicted octanol–water partition coefficient (Wildman–Crippen LogP) is 3.00. The van der Waals surface area contributed by atoms with Gasteiger partial charge < -0.3 is 0 Å². The topological polar surface area (TPSA) is 70.3 Å². The van der Waals surface area contributed by atoms with Gasteiger partial charge in [-0.05, 0) is 42.5 Å². The molecule has 21 heavy (non-hydrogen) atoms. The number of H-pyrrole nitrogens is 1. The van der Waals surface area contributed by atoms with E-state index in [4.69, 9.17) is 17.5 Å². The quantitative estimate of drug-likeness (QED) is 0.738. The van der Waals surface area contributed by atoms with E-state index in [0.717, 1.165) is 5.56 Å². The monoisotopic (exact) mass is 297 g/mol. The predicted molar refractivity (Wildman–Crippen MR) is 76.7 cm³/mol. The van der Waals surface area contributed by atoms with Crippen molar-refractivity contribution in [3.8, 4) is 23.1 Å². The number of hydrogen-bond acceptors (Lipinski definition) is 4. The maximum absolute atomic E-state index is 14.2. The summed E-state index contributed by atoms with van der Waals surface area (Å²) in [4.78, 5) is 3.94. The van der Waals surface area contributed by atoms with Crippen molar-refractivity contribution >= 4 is 12.2 Å². The van der Waals surface area contributed by atoms with Gasteiger partial charge in [-0.25, -0.2) is 4.39 Å². The van der Waals surface area contributed by atoms with Crippen LogP contribution in [-0.4, -0.2) is 19.7 Å². The molecule has 3 rings (SSSR count). The van der Waals surface area contributed by atoms with Crippen LogP contribution in [0.2, 0.25) is 0 Å². The third-order valence-corrected chi connectivity index (χ3v) is 3.20. The van der Waals surface area contributed by atoms with E-state index >= 15 is 0 Å². The summed E-state index contributed by atoms with van der Waals surface area (Å²) in [6.45, 7) is 0. The van der Waals surface area contributed by atoms with Gasteiger partial charge in [0, 0.05) is 18.0 Å². The molecule has 0 fully saturated rings. The lowest BCUT2D eigenvalue weighted by Gasteiger charge is -2.08. The summed E-state index contributed by atoms with van der Waals surface area (Å²) in [5, 5.41) is 15.6. The number of hydrogen-bond donors (Lipinski definition) is 1. The zero-order valence-corrected chi connectivity index (χ0v) is 11.4. The molecule has 2 aromatic heterocycles. The molecule has 0 bridgehead atoms. The van der Waals surface area contributed by atoms with E-state index in [1.165, 1.54) is 22.8 Å². The van der Waals surface area contributed by atoms with Gasteiger partial charge in [-0.3, -0.25) is 14.6 Å². The number of pyridine rings is 1. The highest BCUT2D eigenvalue weighted by Gasteiger charge is 2.14. The second-order valence-corrected chi connectivity index (χ2v) is 4.59. The van der Waals surface area contributed by atoms with Crippen molar-refractivity contribution in [3.63, 3.8) is 0 Å². The van der Waals surface area contributed by atoms with Crippen LogP contribution in [0, 0.1) is 21.9 Å². The van der Waals surface area contributed by atoms with Crippen LogP contribution in [0.25, 0.3) is 17.1 Å². The Hall–Kier alpha value is -2.85. The normalized spacial score (nSPS) is 10.3. The standard InChI is InChI=1S/C14H8FN5S/c15-11-7-9(8-16)1-2-12(11)20-13(18-19-14(20)21)10-3-5-17-6-4-10/h1-7H,(H,19,21). The lowest BCUT2D eigenvalue weighted by Crippen LogP contribution is -2.01. The number of aromatic nitrogens is 4. The van der Waals surface area contributed by atoms with Crippen molar-refractivity contribution < 1.29 is 4.39 Å². The van der Waals surface area contributed by atoms with E-state index in [1.54, 1.807) is 24.5 Å². The van der Waals surface area contributed by atoms with Crippen LogP contribution in [0.15, 0.2) is 42.7 Å². The van der Waals surface area contributed by atoms with Gasteiger partial charge in [0.25, 0.3) is 0 Å². The van der Waals surface area contributed by atoms with Gasteiger partial charge in [0.1, 0.15) is 5.82 Å². The highest BCUT2D eigenvalue weighted by molar-refractivity contribution is 7.71. The van der Waals surface area contributed by atoms with Gasteiger partial charge in [-0.2, -0.15) is 10.4 Å². The first-order valence-corrected chi connectivity index (χ1v) is 6.39. The fourth-order valence-electron chi connectivity index (χ4n) is 1.97. The maximum Gasteiger partial charge on any atom is 0.200 e. The average molecular weight is 297 g/mol. The number of nitrogens with one attached hydrogen (secondary N) is 1. The molecule has 102 valence electrons. The summed E-state index contributed by atoms with van der Waals surface area (Å²) in [6.07, 6.45) is 3.24. The summed E-state index contributed by atoms with van der Waals surface area (Å²) in [6, 6.07) is 9.60. The molecule has 1 N–H and O–H groups in total. The molecule has 5 nitrogen and oxygen atoms in total. The number of nitrogens with zero attached hydrogens (tertiary/aromatic N) is 4. The fraction of sp³-hybridized carbons (Fsp3) is 0. The second kappa shape index (κ2) is 5.26. The lowest BCUT2D eigenvalue weighted by atomic mass is 10.2. The van der Waals surface area contributed by atoms with E-state index in [2.05, 4.69) is 15.2 Å². The summed E-state index contributed by atoms with van der Waals surface area (Å²) in [5.74, 6) is -0.0622. The second-order valence-electron chi connectivity index (χ2n) is 4.20. The summed E-state index contributed by atoms with van der Waals surface area (Å²) in [7, 11) is 0. The number of nitriles is 1. The Balaban J connectivity index is 2.23. The van der Waals surface area contributed by atoms with Crippen molar-refractivity contribution in [2.24, 2.45) is 0 Å². The molecular weight excluding hydrogens is 289 g/mol. The van der Waals surface area contributed by atoms with Gasteiger partial charge in [-0.15, -0.1) is 0 Å². The molecule has 1 aromatic carbocycles. The first-order chi connectivity index (χ1) is 10.2. The van der Waals surface area contributed by atoms with Crippen LogP contribution in [-0.2, 0) is 0 Å². The third-order valence-electron chi connectivity index (χ3n) is 2.93. The molecule has 0 aliphatic heterocycles. The average Bonchev–Trinajstić information content (AvgIpc) is 2.89. The third kappa shape index (κ3) is 2.32. The van der Waals surface area contributed by atoms with E-state index in [1.807, 2.05) is 6.07 Å². The van der Waals surface area contributed by atoms with Gasteiger partial charge in [0.05, 0.1) is 17.3 Å². The Kier molecular flexibility index (Phi) is 3.30. The van der Waals surface area contributed by atoms with Crippen molar-refractivity contribution in [1.82, 2.24) is 19.7 Å². The first kappa shape index (κ1) is 13.1. The molecule has 0 amide bonds. The zero-order chi connectivity index (χ0) is 14.8. The molecule has 0 saturated carbocycles. The van der Waals surface area contributed by atoms with Crippen molar-refractivity contribution in [3.05, 3.63) is 58.9 Å². The number of halogens is 1. The molecule has 0 saturated heterocycles. The molecule has 0 aliphatic carbocycles. The number of benzene rings is 1. The van der Waals surface area contributed by atoms with Crippen LogP contribution in [0.4, 0.5) is 4.39 Å². The fourth-order valence-corrected chi connectivity index (χ4v) is 2.20. The van der Waals surface area contributed by atoms with Gasteiger partial charge >= 0.3 is 0 Å². The molecule has 0 spiro atoms. The largest absolute Gasteiger partial charge is 0.265 e. The molecule has 3 aromatic rings. The minimum atomic E-state index is -0.540. The van der Waals surface area contributed by atoms with Crippen LogP contribution < -0.4 is 0 Å². The van der Waals surface area contributed by atoms with Crippen molar-refractivity contribution in [2.45, 2.75) is 0 Å². The van der Waals surface area contributed by atoms with Crippen molar-refractivity contribution in [1.29, 1.82) is 5.26 Å². The van der Waals surface area contributed by atoms with Crippen molar-refractivity contribution in [2.75, 3.05) is 0 Å². The first-order valence-electron chi connectivity index (χ1n) is 5.98. The molecular formula is C14H8FN5S. The Morgan fingerprint density at radius 1 is 1.24 bits per heavy atom. The maximum atomic E-state index is 14.2. The minimum Gasteiger partial charge on any atom is -0.265 e. The van der Waals surface area contributed by atoms with E-state index in [-0.39, 0.29) is 16.0 Å². The number of rotatable bonds is 2. The van der Waals surface area contributed by atoms with Crippen LogP contribution in [0.1, 0.15) is 5.56 Å². The summed E-state index contributed by atoms with van der Waals surface area (Å²) in [5.41, 5.74) is 1.23. The Labute approximate surface area is 124 Å². The molecule has 0 atom stereocenters. The Morgan fingerprint density at radius 3 is 2.67 bits per heavy atom. The molecule has 0 unspecified atom stereocenters. The number of aromatic amines is 1. The Morgan fingerprint density at radius 2 is 2.00 bits per heavy atom. The van der Waals surface area contributed by atoms with Crippen LogP contribution in [0.5, 0.6) is 0 Å². The summed E-state index contributed by atoms with van der Waals surface area (Å²) >= 11 is 5.17. The Bertz CT molecular complexity index is 892. The highest BCUT2D eigenvalue weighted by Crippen LogP contribution is 2.23.